The number of Topliss-reactive ketones (excluding diaryl/α,β-unsaturated/α-hetero) is 1. The number of quaternary nitrogens is 1. The number of ketones is 1. The number of hydrogen-bond acceptors (Lipinski definition) is 6. The number of fused-ring (bicyclic) bond motifs is 1. The number of amidine groups is 2. The van der Waals surface area contributed by atoms with Gasteiger partial charge in [-0.2, -0.15) is 4.99 Å². The van der Waals surface area contributed by atoms with Gasteiger partial charge in [-0.05, 0) is 34.9 Å². The van der Waals surface area contributed by atoms with Crippen molar-refractivity contribution < 1.29 is 13.9 Å². The van der Waals surface area contributed by atoms with Crippen molar-refractivity contribution in [1.82, 2.24) is 0 Å². The van der Waals surface area contributed by atoms with Crippen LogP contribution in [-0.2, 0) is 0 Å². The van der Waals surface area contributed by atoms with Crippen LogP contribution in [0.15, 0.2) is 68.4 Å². The number of furan rings is 1. The standard InChI is InChI=1S/C17H14N5O2/c1-11(23)12-4-2-5-13(8-12)14-10-22(18)16(9-19-14)20-17(21-22)15-6-3-7-24-15/h2-10H,18H2,1H3/q+1. The summed E-state index contributed by atoms with van der Waals surface area (Å²) in [5, 5.41) is 4.42. The van der Waals surface area contributed by atoms with Crippen LogP contribution in [0.5, 0.6) is 0 Å². The van der Waals surface area contributed by atoms with Crippen molar-refractivity contribution in [2.75, 3.05) is 0 Å². The lowest BCUT2D eigenvalue weighted by Gasteiger charge is -2.19. The summed E-state index contributed by atoms with van der Waals surface area (Å²) in [5.74, 6) is 7.78. The van der Waals surface area contributed by atoms with E-state index in [2.05, 4.69) is 15.1 Å². The molecule has 3 heterocycles. The Morgan fingerprint density at radius 3 is 2.88 bits per heavy atom. The number of aliphatic imine (C=N–C) groups is 2. The van der Waals surface area contributed by atoms with Gasteiger partial charge < -0.3 is 4.42 Å². The number of rotatable bonds is 3. The Morgan fingerprint density at radius 2 is 2.12 bits per heavy atom. The third kappa shape index (κ3) is 2.32. The molecular formula is C17H14N5O2+. The molecular weight excluding hydrogens is 306 g/mol. The first kappa shape index (κ1) is 14.4. The minimum absolute atomic E-state index is 0.00423. The van der Waals surface area contributed by atoms with Crippen LogP contribution in [0.3, 0.4) is 0 Å². The summed E-state index contributed by atoms with van der Waals surface area (Å²) in [5.41, 5.74) is 2.04. The summed E-state index contributed by atoms with van der Waals surface area (Å²) in [6.07, 6.45) is 4.82. The monoisotopic (exact) mass is 320 g/mol. The maximum Gasteiger partial charge on any atom is 0.300 e. The molecule has 1 unspecified atom stereocenters. The molecule has 0 saturated carbocycles. The van der Waals surface area contributed by atoms with Crippen LogP contribution in [0.4, 0.5) is 0 Å². The second kappa shape index (κ2) is 5.19. The van der Waals surface area contributed by atoms with Crippen LogP contribution in [0.1, 0.15) is 28.6 Å². The zero-order valence-electron chi connectivity index (χ0n) is 12.9. The average molecular weight is 320 g/mol. The molecule has 4 rings (SSSR count). The highest BCUT2D eigenvalue weighted by Crippen LogP contribution is 2.26. The maximum absolute atomic E-state index is 11.6. The number of hydrogen-bond donors (Lipinski definition) is 1. The van der Waals surface area contributed by atoms with Gasteiger partial charge in [0.25, 0.3) is 11.7 Å². The van der Waals surface area contributed by atoms with E-state index in [1.165, 1.54) is 6.92 Å². The molecule has 1 aromatic heterocycles. The van der Waals surface area contributed by atoms with Crippen molar-refractivity contribution in [2.45, 2.75) is 6.92 Å². The number of benzene rings is 1. The molecule has 0 spiro atoms. The largest absolute Gasteiger partial charge is 0.461 e. The van der Waals surface area contributed by atoms with Gasteiger partial charge in [0.15, 0.2) is 17.7 Å². The van der Waals surface area contributed by atoms with Crippen LogP contribution < -0.4 is 5.84 Å². The van der Waals surface area contributed by atoms with Gasteiger partial charge in [0.2, 0.25) is 0 Å². The van der Waals surface area contributed by atoms with E-state index in [0.717, 1.165) is 5.56 Å². The maximum atomic E-state index is 11.6. The van der Waals surface area contributed by atoms with Crippen molar-refractivity contribution in [3.8, 4) is 0 Å². The highest BCUT2D eigenvalue weighted by molar-refractivity contribution is 6.32. The SMILES string of the molecule is CC(=O)c1cccc(C2=C[N+]3(N)N=C(c4ccco4)N=C3C=N2)c1. The molecule has 0 bridgehead atoms. The molecule has 0 fully saturated rings. The van der Waals surface area contributed by atoms with Crippen LogP contribution in [-0.4, -0.2) is 28.4 Å². The molecule has 2 aliphatic heterocycles. The van der Waals surface area contributed by atoms with E-state index in [-0.39, 0.29) is 10.5 Å². The minimum atomic E-state index is -0.334. The summed E-state index contributed by atoms with van der Waals surface area (Å²) in [6, 6.07) is 10.8. The molecule has 7 heteroatoms. The molecule has 0 radical (unpaired) electrons. The zero-order chi connectivity index (χ0) is 16.7. The minimum Gasteiger partial charge on any atom is -0.461 e. The van der Waals surface area contributed by atoms with Gasteiger partial charge in [-0.25, -0.2) is 4.99 Å². The van der Waals surface area contributed by atoms with Crippen LogP contribution in [0.2, 0.25) is 0 Å². The third-order valence-corrected chi connectivity index (χ3v) is 3.79. The summed E-state index contributed by atoms with van der Waals surface area (Å²) in [7, 11) is 0. The summed E-state index contributed by atoms with van der Waals surface area (Å²) >= 11 is 0. The average Bonchev–Trinajstić information content (AvgIpc) is 3.21. The summed E-state index contributed by atoms with van der Waals surface area (Å²) in [6.45, 7) is 1.53. The van der Waals surface area contributed by atoms with Gasteiger partial charge in [0.05, 0.1) is 6.26 Å². The summed E-state index contributed by atoms with van der Waals surface area (Å²) < 4.78 is 4.98. The molecule has 0 aliphatic carbocycles. The van der Waals surface area contributed by atoms with E-state index in [9.17, 15) is 4.79 Å². The molecule has 1 aromatic carbocycles. The molecule has 7 nitrogen and oxygen atoms in total. The predicted molar refractivity (Wildman–Crippen MR) is 90.0 cm³/mol. The van der Waals surface area contributed by atoms with Crippen molar-refractivity contribution in [1.29, 1.82) is 0 Å². The van der Waals surface area contributed by atoms with Gasteiger partial charge in [-0.15, -0.1) is 5.84 Å². The van der Waals surface area contributed by atoms with Crippen LogP contribution >= 0.6 is 0 Å². The Morgan fingerprint density at radius 1 is 1.25 bits per heavy atom. The fraction of sp³-hybridized carbons (Fsp3) is 0.0588. The van der Waals surface area contributed by atoms with E-state index in [0.29, 0.717) is 28.7 Å². The van der Waals surface area contributed by atoms with E-state index >= 15 is 0 Å². The predicted octanol–water partition coefficient (Wildman–Crippen LogP) is 2.33. The number of nitrogens with two attached hydrogens (primary N) is 1. The smallest absolute Gasteiger partial charge is 0.300 e. The number of carbonyl (C=O) groups is 1. The van der Waals surface area contributed by atoms with Gasteiger partial charge in [0, 0.05) is 11.1 Å². The fourth-order valence-corrected chi connectivity index (χ4v) is 2.54. The lowest BCUT2D eigenvalue weighted by molar-refractivity contribution is -0.802. The first-order valence-electron chi connectivity index (χ1n) is 7.34. The van der Waals surface area contributed by atoms with Gasteiger partial charge in [-0.1, -0.05) is 18.2 Å². The van der Waals surface area contributed by atoms with E-state index in [1.54, 1.807) is 42.9 Å². The van der Waals surface area contributed by atoms with Crippen LogP contribution in [0.25, 0.3) is 5.70 Å². The van der Waals surface area contributed by atoms with Gasteiger partial charge in [0.1, 0.15) is 11.9 Å². The molecule has 118 valence electrons. The normalized spacial score (nSPS) is 21.8. The van der Waals surface area contributed by atoms with E-state index in [4.69, 9.17) is 10.3 Å². The Kier molecular flexibility index (Phi) is 3.12. The Hall–Kier alpha value is -3.16. The lowest BCUT2D eigenvalue weighted by Crippen LogP contribution is -2.50. The second-order valence-corrected chi connectivity index (χ2v) is 5.52. The third-order valence-electron chi connectivity index (χ3n) is 3.79. The Balaban J connectivity index is 1.75. The molecule has 24 heavy (non-hydrogen) atoms. The molecule has 2 aliphatic rings. The van der Waals surface area contributed by atoms with Crippen molar-refractivity contribution >= 4 is 29.4 Å². The van der Waals surface area contributed by atoms with E-state index in [1.807, 2.05) is 12.1 Å². The molecule has 2 aromatic rings. The highest BCUT2D eigenvalue weighted by Gasteiger charge is 2.40. The Bertz CT molecular complexity index is 953. The second-order valence-electron chi connectivity index (χ2n) is 5.52. The quantitative estimate of drug-likeness (QED) is 0.534. The van der Waals surface area contributed by atoms with Crippen molar-refractivity contribution in [3.63, 3.8) is 0 Å². The lowest BCUT2D eigenvalue weighted by atomic mass is 10.1. The first-order valence-corrected chi connectivity index (χ1v) is 7.34. The highest BCUT2D eigenvalue weighted by atomic mass is 16.3. The van der Waals surface area contributed by atoms with Crippen molar-refractivity contribution in [2.24, 2.45) is 20.9 Å². The van der Waals surface area contributed by atoms with Gasteiger partial charge in [-0.3, -0.25) is 4.79 Å². The van der Waals surface area contributed by atoms with Crippen LogP contribution in [0, 0.1) is 0 Å². The van der Waals surface area contributed by atoms with Gasteiger partial charge >= 0.3 is 0 Å². The molecule has 2 N–H and O–H groups in total. The summed E-state index contributed by atoms with van der Waals surface area (Å²) in [4.78, 5) is 20.3. The molecule has 1 atom stereocenters. The molecule has 0 saturated heterocycles. The number of nitrogens with zero attached hydrogens (tertiary/aromatic N) is 4. The zero-order valence-corrected chi connectivity index (χ0v) is 12.9. The topological polar surface area (TPSA) is 93.3 Å². The van der Waals surface area contributed by atoms with Crippen molar-refractivity contribution in [3.05, 3.63) is 65.7 Å². The fourth-order valence-electron chi connectivity index (χ4n) is 2.54. The number of carbonyl (C=O) groups excluding carboxylic acids is 1. The Labute approximate surface area is 137 Å². The first-order chi connectivity index (χ1) is 11.5. The van der Waals surface area contributed by atoms with E-state index < -0.39 is 0 Å². The molecule has 0 amide bonds.